The fraction of sp³-hybridized carbons (Fsp3) is 0.0500. The van der Waals surface area contributed by atoms with Crippen molar-refractivity contribution in [2.24, 2.45) is 27.2 Å². The number of fused-ring (bicyclic) bond motifs is 1. The minimum absolute atomic E-state index is 0.0448. The highest BCUT2D eigenvalue weighted by atomic mass is 16.5. The molecule has 27 heavy (non-hydrogen) atoms. The first kappa shape index (κ1) is 17.9. The summed E-state index contributed by atoms with van der Waals surface area (Å²) in [6.45, 7) is 0. The Morgan fingerprint density at radius 1 is 0.852 bits per heavy atom. The van der Waals surface area contributed by atoms with Crippen molar-refractivity contribution in [3.05, 3.63) is 71.8 Å². The minimum atomic E-state index is -0.468. The molecule has 7 nitrogen and oxygen atoms in total. The molecule has 6 N–H and O–H groups in total. The van der Waals surface area contributed by atoms with Crippen LogP contribution in [0.5, 0.6) is 5.75 Å². The maximum absolute atomic E-state index is 12.3. The number of esters is 1. The average Bonchev–Trinajstić information content (AvgIpc) is 2.67. The number of benzene rings is 3. The first-order valence-electron chi connectivity index (χ1n) is 8.14. The molecule has 136 valence electrons. The van der Waals surface area contributed by atoms with Crippen LogP contribution in [0, 0.1) is 0 Å². The normalized spacial score (nSPS) is 11.2. The first-order chi connectivity index (χ1) is 13.0. The van der Waals surface area contributed by atoms with Crippen molar-refractivity contribution in [2.75, 3.05) is 7.05 Å². The van der Waals surface area contributed by atoms with Gasteiger partial charge in [-0.1, -0.05) is 18.2 Å². The Kier molecular flexibility index (Phi) is 5.03. The molecular formula is C20H19N5O2. The van der Waals surface area contributed by atoms with Crippen LogP contribution >= 0.6 is 0 Å². The van der Waals surface area contributed by atoms with E-state index in [0.717, 1.165) is 16.3 Å². The molecule has 0 aliphatic heterocycles. The zero-order valence-corrected chi connectivity index (χ0v) is 14.7. The van der Waals surface area contributed by atoms with Crippen molar-refractivity contribution in [2.45, 2.75) is 0 Å². The van der Waals surface area contributed by atoms with E-state index in [9.17, 15) is 4.79 Å². The molecule has 0 bridgehead atoms. The van der Waals surface area contributed by atoms with Crippen LogP contribution in [0.4, 0.5) is 5.69 Å². The van der Waals surface area contributed by atoms with Crippen molar-refractivity contribution in [3.8, 4) is 5.75 Å². The lowest BCUT2D eigenvalue weighted by molar-refractivity contribution is 0.0735. The molecule has 0 radical (unpaired) electrons. The van der Waals surface area contributed by atoms with Crippen LogP contribution in [0.2, 0.25) is 0 Å². The molecule has 0 heterocycles. The zero-order chi connectivity index (χ0) is 19.4. The van der Waals surface area contributed by atoms with Gasteiger partial charge in [0.25, 0.3) is 0 Å². The zero-order valence-electron chi connectivity index (χ0n) is 14.7. The number of carbonyl (C=O) groups excluding carboxylic acids is 1. The lowest BCUT2D eigenvalue weighted by Crippen LogP contribution is -2.21. The highest BCUT2D eigenvalue weighted by Gasteiger charge is 2.09. The second kappa shape index (κ2) is 7.57. The molecule has 3 rings (SSSR count). The van der Waals surface area contributed by atoms with E-state index in [1.165, 1.54) is 0 Å². The van der Waals surface area contributed by atoms with E-state index in [1.54, 1.807) is 43.4 Å². The monoisotopic (exact) mass is 361 g/mol. The molecule has 0 aliphatic carbocycles. The Balaban J connectivity index is 1.79. The number of hydrogen-bond acceptors (Lipinski definition) is 4. The Labute approximate surface area is 156 Å². The summed E-state index contributed by atoms with van der Waals surface area (Å²) in [4.78, 5) is 20.2. The van der Waals surface area contributed by atoms with Gasteiger partial charge in [0.15, 0.2) is 5.96 Å². The number of carbonyl (C=O) groups is 1. The fourth-order valence-corrected chi connectivity index (χ4v) is 2.56. The Bertz CT molecular complexity index is 1050. The lowest BCUT2D eigenvalue weighted by Gasteiger charge is -2.07. The first-order valence-corrected chi connectivity index (χ1v) is 8.14. The van der Waals surface area contributed by atoms with E-state index < -0.39 is 5.97 Å². The number of nitrogens with zero attached hydrogens (tertiary/aromatic N) is 2. The van der Waals surface area contributed by atoms with Gasteiger partial charge in [-0.2, -0.15) is 0 Å². The Hall–Kier alpha value is -3.87. The van der Waals surface area contributed by atoms with Gasteiger partial charge in [0.05, 0.1) is 11.3 Å². The molecule has 0 spiro atoms. The molecule has 0 aliphatic rings. The van der Waals surface area contributed by atoms with Crippen molar-refractivity contribution in [3.63, 3.8) is 0 Å². The molecule has 3 aromatic rings. The van der Waals surface area contributed by atoms with Crippen molar-refractivity contribution >= 4 is 34.2 Å². The molecule has 0 atom stereocenters. The van der Waals surface area contributed by atoms with Gasteiger partial charge in [0, 0.05) is 12.6 Å². The Morgan fingerprint density at radius 2 is 1.48 bits per heavy atom. The molecule has 0 saturated heterocycles. The molecule has 0 aromatic heterocycles. The van der Waals surface area contributed by atoms with Gasteiger partial charge in [0.1, 0.15) is 11.6 Å². The number of rotatable bonds is 4. The third kappa shape index (κ3) is 4.21. The summed E-state index contributed by atoms with van der Waals surface area (Å²) in [6, 6.07) is 17.6. The molecule has 0 saturated carbocycles. The highest BCUT2D eigenvalue weighted by Crippen LogP contribution is 2.23. The summed E-state index contributed by atoms with van der Waals surface area (Å²) in [6.07, 6.45) is 0. The van der Waals surface area contributed by atoms with E-state index in [-0.39, 0.29) is 5.96 Å². The van der Waals surface area contributed by atoms with Crippen molar-refractivity contribution in [1.29, 1.82) is 0 Å². The number of hydrogen-bond donors (Lipinski definition) is 3. The summed E-state index contributed by atoms with van der Waals surface area (Å²) in [5.41, 5.74) is 18.3. The Morgan fingerprint density at radius 3 is 2.15 bits per heavy atom. The smallest absolute Gasteiger partial charge is 0.343 e. The third-order valence-corrected chi connectivity index (χ3v) is 3.92. The number of guanidine groups is 1. The van der Waals surface area contributed by atoms with Crippen LogP contribution in [0.1, 0.15) is 15.9 Å². The van der Waals surface area contributed by atoms with Crippen LogP contribution in [0.3, 0.4) is 0 Å². The summed E-state index contributed by atoms with van der Waals surface area (Å²) >= 11 is 0. The van der Waals surface area contributed by atoms with Gasteiger partial charge in [-0.15, -0.1) is 0 Å². The predicted octanol–water partition coefficient (Wildman–Crippen LogP) is 2.30. The summed E-state index contributed by atoms with van der Waals surface area (Å²) < 4.78 is 5.46. The second-order valence-electron chi connectivity index (χ2n) is 5.81. The lowest BCUT2D eigenvalue weighted by atomic mass is 10.1. The van der Waals surface area contributed by atoms with Crippen LogP contribution in [0.25, 0.3) is 10.8 Å². The van der Waals surface area contributed by atoms with Gasteiger partial charge >= 0.3 is 5.97 Å². The van der Waals surface area contributed by atoms with Crippen LogP contribution in [-0.4, -0.2) is 24.8 Å². The van der Waals surface area contributed by atoms with Crippen LogP contribution < -0.4 is 21.9 Å². The number of amidine groups is 1. The maximum Gasteiger partial charge on any atom is 0.343 e. The molecule has 3 aromatic carbocycles. The minimum Gasteiger partial charge on any atom is -0.423 e. The topological polar surface area (TPSA) is 129 Å². The van der Waals surface area contributed by atoms with Crippen LogP contribution in [0.15, 0.2) is 70.6 Å². The summed E-state index contributed by atoms with van der Waals surface area (Å²) in [5, 5.41) is 1.90. The number of ether oxygens (including phenoxy) is 1. The largest absolute Gasteiger partial charge is 0.423 e. The van der Waals surface area contributed by atoms with Gasteiger partial charge in [-0.3, -0.25) is 4.99 Å². The molecule has 7 heteroatoms. The van der Waals surface area contributed by atoms with E-state index in [2.05, 4.69) is 9.98 Å². The van der Waals surface area contributed by atoms with Gasteiger partial charge in [-0.25, -0.2) is 9.79 Å². The molecule has 0 amide bonds. The molecule has 0 unspecified atom stereocenters. The number of aliphatic imine (C=N–C) groups is 2. The highest BCUT2D eigenvalue weighted by molar-refractivity contribution is 6.01. The maximum atomic E-state index is 12.3. The van der Waals surface area contributed by atoms with Gasteiger partial charge in [-0.05, 0) is 53.2 Å². The van der Waals surface area contributed by atoms with E-state index in [0.29, 0.717) is 22.8 Å². The second-order valence-corrected chi connectivity index (χ2v) is 5.81. The van der Waals surface area contributed by atoms with E-state index in [4.69, 9.17) is 21.9 Å². The fourth-order valence-electron chi connectivity index (χ4n) is 2.56. The predicted molar refractivity (Wildman–Crippen MR) is 107 cm³/mol. The standard InChI is InChI=1S/C20H19N5O2/c1-24-18(21)15-3-2-14-11-17(9-6-13(14)10-15)27-19(26)12-4-7-16(8-5-12)25-20(22)23/h2-11H,1H3,(H2,21,24)(H4,22,23,25). The average molecular weight is 361 g/mol. The molecule has 0 fully saturated rings. The quantitative estimate of drug-likeness (QED) is 0.284. The van der Waals surface area contributed by atoms with Gasteiger partial charge in [0.2, 0.25) is 0 Å². The third-order valence-electron chi connectivity index (χ3n) is 3.92. The molecular weight excluding hydrogens is 342 g/mol. The SMILES string of the molecule is CN=C(N)c1ccc2cc(OC(=O)c3ccc(N=C(N)N)cc3)ccc2c1. The van der Waals surface area contributed by atoms with E-state index in [1.807, 2.05) is 24.3 Å². The number of nitrogens with two attached hydrogens (primary N) is 3. The van der Waals surface area contributed by atoms with Crippen molar-refractivity contribution in [1.82, 2.24) is 0 Å². The van der Waals surface area contributed by atoms with Crippen molar-refractivity contribution < 1.29 is 9.53 Å². The van der Waals surface area contributed by atoms with Gasteiger partial charge < -0.3 is 21.9 Å². The van der Waals surface area contributed by atoms with E-state index >= 15 is 0 Å². The summed E-state index contributed by atoms with van der Waals surface area (Å²) in [5.74, 6) is 0.406. The summed E-state index contributed by atoms with van der Waals surface area (Å²) in [7, 11) is 1.64. The van der Waals surface area contributed by atoms with Crippen LogP contribution in [-0.2, 0) is 0 Å².